The molecule has 0 aliphatic heterocycles. The number of amides is 1. The summed E-state index contributed by atoms with van der Waals surface area (Å²) < 4.78 is 39.4. The molecule has 0 fully saturated rings. The van der Waals surface area contributed by atoms with Crippen molar-refractivity contribution in [3.8, 4) is 0 Å². The molecule has 1 unspecified atom stereocenters. The Morgan fingerprint density at radius 3 is 2.48 bits per heavy atom. The van der Waals surface area contributed by atoms with Crippen LogP contribution >= 0.6 is 0 Å². The molecule has 0 saturated heterocycles. The van der Waals surface area contributed by atoms with Crippen LogP contribution < -0.4 is 11.1 Å². The standard InChI is InChI=1S/C15H13F3N2O/c16-10-6-11(17)15(18)13(7-10)20-14(21)8-12(19)9-4-2-1-3-5-9/h1-7,12H,8,19H2,(H,20,21). The lowest BCUT2D eigenvalue weighted by Gasteiger charge is -2.12. The van der Waals surface area contributed by atoms with Gasteiger partial charge in [-0.15, -0.1) is 0 Å². The summed E-state index contributed by atoms with van der Waals surface area (Å²) in [4.78, 5) is 11.8. The zero-order valence-electron chi connectivity index (χ0n) is 10.9. The minimum Gasteiger partial charge on any atom is -0.324 e. The van der Waals surface area contributed by atoms with Crippen LogP contribution in [0.15, 0.2) is 42.5 Å². The molecule has 3 nitrogen and oxygen atoms in total. The Balaban J connectivity index is 2.06. The van der Waals surface area contributed by atoms with Crippen LogP contribution in [0.2, 0.25) is 0 Å². The Morgan fingerprint density at radius 2 is 1.81 bits per heavy atom. The predicted molar refractivity (Wildman–Crippen MR) is 72.9 cm³/mol. The molecule has 2 aromatic rings. The van der Waals surface area contributed by atoms with Crippen molar-refractivity contribution in [2.45, 2.75) is 12.5 Å². The summed E-state index contributed by atoms with van der Waals surface area (Å²) in [5.74, 6) is -4.28. The van der Waals surface area contributed by atoms with Crippen molar-refractivity contribution in [3.63, 3.8) is 0 Å². The average Bonchev–Trinajstić information content (AvgIpc) is 2.45. The fourth-order valence-electron chi connectivity index (χ4n) is 1.87. The maximum atomic E-state index is 13.4. The third-order valence-electron chi connectivity index (χ3n) is 2.90. The number of halogens is 3. The first-order valence-corrected chi connectivity index (χ1v) is 6.22. The zero-order valence-corrected chi connectivity index (χ0v) is 10.9. The molecule has 0 spiro atoms. The second-order valence-corrected chi connectivity index (χ2v) is 4.52. The van der Waals surface area contributed by atoms with Gasteiger partial charge in [0.25, 0.3) is 0 Å². The van der Waals surface area contributed by atoms with Crippen LogP contribution in [0.5, 0.6) is 0 Å². The van der Waals surface area contributed by atoms with Gasteiger partial charge < -0.3 is 11.1 Å². The highest BCUT2D eigenvalue weighted by Gasteiger charge is 2.16. The number of nitrogens with one attached hydrogen (secondary N) is 1. The quantitative estimate of drug-likeness (QED) is 0.851. The molecule has 21 heavy (non-hydrogen) atoms. The van der Waals surface area contributed by atoms with Crippen molar-refractivity contribution in [2.24, 2.45) is 5.73 Å². The number of rotatable bonds is 4. The molecule has 0 aliphatic rings. The van der Waals surface area contributed by atoms with Gasteiger partial charge in [-0.2, -0.15) is 0 Å². The van der Waals surface area contributed by atoms with Crippen LogP contribution in [0.25, 0.3) is 0 Å². The van der Waals surface area contributed by atoms with Crippen LogP contribution in [0.4, 0.5) is 18.9 Å². The zero-order chi connectivity index (χ0) is 15.4. The Labute approximate surface area is 119 Å². The van der Waals surface area contributed by atoms with E-state index in [1.165, 1.54) is 0 Å². The fraction of sp³-hybridized carbons (Fsp3) is 0.133. The van der Waals surface area contributed by atoms with Gasteiger partial charge in [0.15, 0.2) is 11.6 Å². The maximum Gasteiger partial charge on any atom is 0.226 e. The number of nitrogens with two attached hydrogens (primary N) is 1. The molecule has 0 aliphatic carbocycles. The van der Waals surface area contributed by atoms with Gasteiger partial charge in [-0.1, -0.05) is 30.3 Å². The van der Waals surface area contributed by atoms with Crippen molar-refractivity contribution in [3.05, 3.63) is 65.5 Å². The Kier molecular flexibility index (Phi) is 4.59. The predicted octanol–water partition coefficient (Wildman–Crippen LogP) is 3.13. The summed E-state index contributed by atoms with van der Waals surface area (Å²) >= 11 is 0. The molecule has 0 radical (unpaired) electrons. The smallest absolute Gasteiger partial charge is 0.226 e. The minimum absolute atomic E-state index is 0.137. The molecule has 2 aromatic carbocycles. The number of benzene rings is 2. The second-order valence-electron chi connectivity index (χ2n) is 4.52. The minimum atomic E-state index is -1.36. The van der Waals surface area contributed by atoms with Crippen molar-refractivity contribution >= 4 is 11.6 Å². The summed E-state index contributed by atoms with van der Waals surface area (Å²) in [6.45, 7) is 0. The highest BCUT2D eigenvalue weighted by molar-refractivity contribution is 5.91. The molecule has 1 atom stereocenters. The Bertz CT molecular complexity index is 647. The van der Waals surface area contributed by atoms with Gasteiger partial charge in [-0.3, -0.25) is 4.79 Å². The van der Waals surface area contributed by atoms with Gasteiger partial charge in [0, 0.05) is 24.6 Å². The van der Waals surface area contributed by atoms with Gasteiger partial charge in [-0.05, 0) is 5.56 Å². The van der Waals surface area contributed by atoms with Crippen molar-refractivity contribution in [2.75, 3.05) is 5.32 Å². The number of hydrogen-bond acceptors (Lipinski definition) is 2. The van der Waals surface area contributed by atoms with Gasteiger partial charge in [0.2, 0.25) is 5.91 Å². The number of hydrogen-bond donors (Lipinski definition) is 2. The van der Waals surface area contributed by atoms with E-state index in [0.29, 0.717) is 12.1 Å². The van der Waals surface area contributed by atoms with Crippen molar-refractivity contribution in [1.82, 2.24) is 0 Å². The van der Waals surface area contributed by atoms with Gasteiger partial charge in [0.1, 0.15) is 5.82 Å². The van der Waals surface area contributed by atoms with Crippen molar-refractivity contribution in [1.29, 1.82) is 0 Å². The molecular formula is C15H13F3N2O. The average molecular weight is 294 g/mol. The van der Waals surface area contributed by atoms with E-state index in [2.05, 4.69) is 5.32 Å². The number of anilines is 1. The van der Waals surface area contributed by atoms with E-state index in [0.717, 1.165) is 5.56 Å². The lowest BCUT2D eigenvalue weighted by atomic mass is 10.0. The molecule has 0 bridgehead atoms. The Hall–Kier alpha value is -2.34. The molecule has 2 rings (SSSR count). The molecule has 0 aromatic heterocycles. The van der Waals surface area contributed by atoms with Crippen LogP contribution in [0, 0.1) is 17.5 Å². The lowest BCUT2D eigenvalue weighted by molar-refractivity contribution is -0.116. The number of carbonyl (C=O) groups is 1. The van der Waals surface area contributed by atoms with E-state index < -0.39 is 35.1 Å². The van der Waals surface area contributed by atoms with E-state index in [4.69, 9.17) is 5.73 Å². The molecule has 0 heterocycles. The van der Waals surface area contributed by atoms with Crippen LogP contribution in [0.1, 0.15) is 18.0 Å². The lowest BCUT2D eigenvalue weighted by Crippen LogP contribution is -2.21. The molecule has 6 heteroatoms. The summed E-state index contributed by atoms with van der Waals surface area (Å²) in [6, 6.07) is 9.38. The van der Waals surface area contributed by atoms with E-state index >= 15 is 0 Å². The first-order chi connectivity index (χ1) is 9.97. The van der Waals surface area contributed by atoms with Gasteiger partial charge in [0.05, 0.1) is 5.69 Å². The van der Waals surface area contributed by atoms with Crippen LogP contribution in [0.3, 0.4) is 0 Å². The largest absolute Gasteiger partial charge is 0.324 e. The maximum absolute atomic E-state index is 13.4. The molecule has 1 amide bonds. The normalized spacial score (nSPS) is 12.0. The molecule has 3 N–H and O–H groups in total. The summed E-state index contributed by atoms with van der Waals surface area (Å²) in [5, 5.41) is 2.12. The topological polar surface area (TPSA) is 55.1 Å². The van der Waals surface area contributed by atoms with E-state index in [-0.39, 0.29) is 6.42 Å². The fourth-order valence-corrected chi connectivity index (χ4v) is 1.87. The van der Waals surface area contributed by atoms with E-state index in [9.17, 15) is 18.0 Å². The van der Waals surface area contributed by atoms with Crippen LogP contribution in [-0.2, 0) is 4.79 Å². The highest BCUT2D eigenvalue weighted by atomic mass is 19.2. The first kappa shape index (κ1) is 15.1. The molecule has 0 saturated carbocycles. The van der Waals surface area contributed by atoms with Gasteiger partial charge >= 0.3 is 0 Å². The van der Waals surface area contributed by atoms with Crippen molar-refractivity contribution < 1.29 is 18.0 Å². The third-order valence-corrected chi connectivity index (χ3v) is 2.90. The monoisotopic (exact) mass is 294 g/mol. The second kappa shape index (κ2) is 6.41. The summed E-state index contributed by atoms with van der Waals surface area (Å²) in [7, 11) is 0. The summed E-state index contributed by atoms with van der Waals surface area (Å²) in [6.07, 6.45) is -0.137. The van der Waals surface area contributed by atoms with Crippen LogP contribution in [-0.4, -0.2) is 5.91 Å². The highest BCUT2D eigenvalue weighted by Crippen LogP contribution is 2.20. The van der Waals surface area contributed by atoms with Gasteiger partial charge in [-0.25, -0.2) is 13.2 Å². The van der Waals surface area contributed by atoms with E-state index in [1.807, 2.05) is 0 Å². The third kappa shape index (κ3) is 3.82. The Morgan fingerprint density at radius 1 is 1.14 bits per heavy atom. The summed E-state index contributed by atoms with van der Waals surface area (Å²) in [5.41, 5.74) is 6.04. The SMILES string of the molecule is NC(CC(=O)Nc1cc(F)cc(F)c1F)c1ccccc1. The molecule has 110 valence electrons. The van der Waals surface area contributed by atoms with E-state index in [1.54, 1.807) is 30.3 Å². The first-order valence-electron chi connectivity index (χ1n) is 6.22. The number of carbonyl (C=O) groups excluding carboxylic acids is 1. The molecular weight excluding hydrogens is 281 g/mol.